The molecule has 0 heterocycles. The van der Waals surface area contributed by atoms with Crippen molar-refractivity contribution in [1.82, 2.24) is 0 Å². The maximum atomic E-state index is 5.99. The smallest absolute Gasteiger partial charge is 0.104 e. The SMILES string of the molecule is CCCCCCCCCCCCOCC(COP)OCCCCCCCCCCCC. The standard InChI is InChI=1S/C27H57O3P/c1-3-5-7-9-11-13-15-17-19-21-23-28-25-27(26-30-31)29-24-22-20-18-16-14-12-10-8-6-4-2/h27H,3-26,31H2,1-2H3. The fourth-order valence-corrected chi connectivity index (χ4v) is 4.21. The summed E-state index contributed by atoms with van der Waals surface area (Å²) in [5.74, 6) is 0. The molecule has 0 bridgehead atoms. The summed E-state index contributed by atoms with van der Waals surface area (Å²) in [6, 6.07) is 0. The molecule has 0 N–H and O–H groups in total. The summed E-state index contributed by atoms with van der Waals surface area (Å²) >= 11 is 0. The molecule has 0 aliphatic carbocycles. The van der Waals surface area contributed by atoms with E-state index in [-0.39, 0.29) is 6.10 Å². The van der Waals surface area contributed by atoms with E-state index in [1.807, 2.05) is 0 Å². The molecule has 31 heavy (non-hydrogen) atoms. The summed E-state index contributed by atoms with van der Waals surface area (Å²) in [4.78, 5) is 0. The zero-order valence-electron chi connectivity index (χ0n) is 21.4. The second-order valence-corrected chi connectivity index (χ2v) is 9.60. The lowest BCUT2D eigenvalue weighted by Crippen LogP contribution is -2.25. The summed E-state index contributed by atoms with van der Waals surface area (Å²) < 4.78 is 17.1. The van der Waals surface area contributed by atoms with Crippen LogP contribution in [0.2, 0.25) is 0 Å². The van der Waals surface area contributed by atoms with E-state index in [0.29, 0.717) is 13.2 Å². The van der Waals surface area contributed by atoms with Crippen LogP contribution in [0.15, 0.2) is 0 Å². The lowest BCUT2D eigenvalue weighted by Gasteiger charge is -2.17. The van der Waals surface area contributed by atoms with E-state index in [9.17, 15) is 0 Å². The van der Waals surface area contributed by atoms with Crippen LogP contribution in [0.5, 0.6) is 0 Å². The van der Waals surface area contributed by atoms with Gasteiger partial charge in [0, 0.05) is 22.7 Å². The molecular weight excluding hydrogens is 403 g/mol. The molecule has 0 saturated carbocycles. The van der Waals surface area contributed by atoms with Crippen LogP contribution in [0.4, 0.5) is 0 Å². The molecule has 0 aromatic rings. The third kappa shape index (κ3) is 26.4. The Hall–Kier alpha value is 0.310. The van der Waals surface area contributed by atoms with E-state index in [1.165, 1.54) is 122 Å². The lowest BCUT2D eigenvalue weighted by molar-refractivity contribution is -0.0362. The zero-order valence-corrected chi connectivity index (χ0v) is 22.5. The van der Waals surface area contributed by atoms with Gasteiger partial charge in [0.25, 0.3) is 0 Å². The van der Waals surface area contributed by atoms with Gasteiger partial charge in [-0.05, 0) is 12.8 Å². The Morgan fingerprint density at radius 2 is 0.871 bits per heavy atom. The Morgan fingerprint density at radius 1 is 0.484 bits per heavy atom. The normalized spacial score (nSPS) is 12.5. The second kappa shape index (κ2) is 28.3. The van der Waals surface area contributed by atoms with Crippen LogP contribution < -0.4 is 0 Å². The highest BCUT2D eigenvalue weighted by Gasteiger charge is 2.09. The number of hydrogen-bond donors (Lipinski definition) is 0. The molecule has 0 aliphatic heterocycles. The molecular formula is C27H57O3P. The average molecular weight is 461 g/mol. The van der Waals surface area contributed by atoms with E-state index in [1.54, 1.807) is 0 Å². The molecule has 0 spiro atoms. The molecule has 0 saturated heterocycles. The molecule has 188 valence electrons. The lowest BCUT2D eigenvalue weighted by atomic mass is 10.1. The minimum absolute atomic E-state index is 0.0687. The first-order valence-electron chi connectivity index (χ1n) is 13.9. The van der Waals surface area contributed by atoms with Crippen molar-refractivity contribution in [1.29, 1.82) is 0 Å². The maximum Gasteiger partial charge on any atom is 0.104 e. The molecule has 2 unspecified atom stereocenters. The molecule has 0 amide bonds. The Labute approximate surface area is 198 Å². The first-order chi connectivity index (χ1) is 15.3. The van der Waals surface area contributed by atoms with Crippen molar-refractivity contribution in [2.75, 3.05) is 26.4 Å². The Bertz CT molecular complexity index is 315. The summed E-state index contributed by atoms with van der Waals surface area (Å²) in [6.07, 6.45) is 27.3. The van der Waals surface area contributed by atoms with E-state index in [0.717, 1.165) is 19.6 Å². The van der Waals surface area contributed by atoms with Gasteiger partial charge in [0.1, 0.15) is 6.10 Å². The number of rotatable bonds is 27. The second-order valence-electron chi connectivity index (χ2n) is 9.27. The van der Waals surface area contributed by atoms with Crippen LogP contribution in [0.25, 0.3) is 0 Å². The van der Waals surface area contributed by atoms with Crippen LogP contribution in [-0.2, 0) is 14.0 Å². The maximum absolute atomic E-state index is 5.99. The van der Waals surface area contributed by atoms with Crippen molar-refractivity contribution < 1.29 is 14.0 Å². The average Bonchev–Trinajstić information content (AvgIpc) is 2.78. The van der Waals surface area contributed by atoms with Crippen LogP contribution in [0.1, 0.15) is 142 Å². The molecule has 0 aliphatic rings. The van der Waals surface area contributed by atoms with Gasteiger partial charge in [0.05, 0.1) is 13.2 Å². The molecule has 4 heteroatoms. The quantitative estimate of drug-likeness (QED) is 0.0903. The van der Waals surface area contributed by atoms with Gasteiger partial charge in [-0.2, -0.15) is 0 Å². The largest absolute Gasteiger partial charge is 0.379 e. The van der Waals surface area contributed by atoms with Crippen molar-refractivity contribution in [3.05, 3.63) is 0 Å². The van der Waals surface area contributed by atoms with Crippen molar-refractivity contribution in [3.8, 4) is 0 Å². The molecule has 0 radical (unpaired) electrons. The minimum atomic E-state index is 0.0687. The molecule has 0 rings (SSSR count). The Kier molecular flexibility index (Phi) is 28.6. The first-order valence-corrected chi connectivity index (χ1v) is 14.3. The highest BCUT2D eigenvalue weighted by molar-refractivity contribution is 7.09. The van der Waals surface area contributed by atoms with E-state index in [2.05, 4.69) is 23.3 Å². The molecule has 3 nitrogen and oxygen atoms in total. The first kappa shape index (κ1) is 31.3. The summed E-state index contributed by atoms with van der Waals surface area (Å²) in [6.45, 7) is 7.50. The number of hydrogen-bond acceptors (Lipinski definition) is 3. The molecule has 2 atom stereocenters. The number of unbranched alkanes of at least 4 members (excludes halogenated alkanes) is 18. The van der Waals surface area contributed by atoms with Crippen molar-refractivity contribution in [2.24, 2.45) is 0 Å². The summed E-state index contributed by atoms with van der Waals surface area (Å²) in [7, 11) is 2.33. The highest BCUT2D eigenvalue weighted by atomic mass is 31.0. The van der Waals surface area contributed by atoms with Gasteiger partial charge in [-0.25, -0.2) is 0 Å². The summed E-state index contributed by atoms with van der Waals surface area (Å²) in [5, 5.41) is 0. The predicted molar refractivity (Wildman–Crippen MR) is 140 cm³/mol. The third-order valence-corrected chi connectivity index (χ3v) is 6.27. The molecule has 0 fully saturated rings. The van der Waals surface area contributed by atoms with Crippen molar-refractivity contribution in [3.63, 3.8) is 0 Å². The molecule has 0 aromatic carbocycles. The van der Waals surface area contributed by atoms with Gasteiger partial charge in [-0.3, -0.25) is 0 Å². The van der Waals surface area contributed by atoms with Crippen molar-refractivity contribution in [2.45, 2.75) is 148 Å². The Morgan fingerprint density at radius 3 is 1.29 bits per heavy atom. The molecule has 0 aromatic heterocycles. The third-order valence-electron chi connectivity index (χ3n) is 6.08. The van der Waals surface area contributed by atoms with E-state index in [4.69, 9.17) is 14.0 Å². The van der Waals surface area contributed by atoms with Crippen LogP contribution in [0, 0.1) is 0 Å². The van der Waals surface area contributed by atoms with E-state index >= 15 is 0 Å². The van der Waals surface area contributed by atoms with Gasteiger partial charge in [0.2, 0.25) is 0 Å². The number of ether oxygens (including phenoxy) is 2. The van der Waals surface area contributed by atoms with Gasteiger partial charge >= 0.3 is 0 Å². The Balaban J connectivity index is 3.39. The van der Waals surface area contributed by atoms with Crippen LogP contribution in [0.3, 0.4) is 0 Å². The minimum Gasteiger partial charge on any atom is -0.379 e. The van der Waals surface area contributed by atoms with Gasteiger partial charge in [-0.15, -0.1) is 0 Å². The van der Waals surface area contributed by atoms with Gasteiger partial charge < -0.3 is 14.0 Å². The predicted octanol–water partition coefficient (Wildman–Crippen LogP) is 9.04. The van der Waals surface area contributed by atoms with Gasteiger partial charge in [0.15, 0.2) is 0 Å². The monoisotopic (exact) mass is 460 g/mol. The van der Waals surface area contributed by atoms with Crippen LogP contribution >= 0.6 is 9.47 Å². The fraction of sp³-hybridized carbons (Fsp3) is 1.00. The van der Waals surface area contributed by atoms with E-state index < -0.39 is 0 Å². The topological polar surface area (TPSA) is 27.7 Å². The fourth-order valence-electron chi connectivity index (χ4n) is 4.00. The van der Waals surface area contributed by atoms with Crippen LogP contribution in [-0.4, -0.2) is 32.5 Å². The highest BCUT2D eigenvalue weighted by Crippen LogP contribution is 2.12. The summed E-state index contributed by atoms with van der Waals surface area (Å²) in [5.41, 5.74) is 0. The van der Waals surface area contributed by atoms with Crippen molar-refractivity contribution >= 4 is 9.47 Å². The zero-order chi connectivity index (χ0) is 22.7. The van der Waals surface area contributed by atoms with Gasteiger partial charge in [-0.1, -0.05) is 129 Å².